The van der Waals surface area contributed by atoms with Crippen LogP contribution in [0.2, 0.25) is 0 Å². The molecule has 0 atom stereocenters. The van der Waals surface area contributed by atoms with Crippen LogP contribution in [0.5, 0.6) is 0 Å². The van der Waals surface area contributed by atoms with E-state index < -0.39 is 5.91 Å². The van der Waals surface area contributed by atoms with Gasteiger partial charge in [0.25, 0.3) is 0 Å². The van der Waals surface area contributed by atoms with E-state index in [0.29, 0.717) is 0 Å². The van der Waals surface area contributed by atoms with Crippen LogP contribution in [0.4, 0.5) is 5.69 Å². The highest BCUT2D eigenvalue weighted by Gasteiger charge is 2.08. The number of anilines is 1. The normalized spacial score (nSPS) is 10.6. The van der Waals surface area contributed by atoms with Gasteiger partial charge in [0.2, 0.25) is 5.91 Å². The molecule has 0 saturated heterocycles. The molecule has 5 nitrogen and oxygen atoms in total. The first kappa shape index (κ1) is 14.5. The quantitative estimate of drug-likeness (QED) is 0.752. The van der Waals surface area contributed by atoms with Crippen LogP contribution < -0.4 is 11.1 Å². The number of benzene rings is 1. The van der Waals surface area contributed by atoms with Crippen molar-refractivity contribution in [3.05, 3.63) is 53.3 Å². The second kappa shape index (κ2) is 6.11. The van der Waals surface area contributed by atoms with Gasteiger partial charge >= 0.3 is 0 Å². The molecule has 0 radical (unpaired) electrons. The van der Waals surface area contributed by atoms with Crippen molar-refractivity contribution in [1.82, 2.24) is 9.97 Å². The van der Waals surface area contributed by atoms with Gasteiger partial charge in [-0.2, -0.15) is 0 Å². The summed E-state index contributed by atoms with van der Waals surface area (Å²) in [6, 6.07) is 11.6. The third-order valence-electron chi connectivity index (χ3n) is 3.20. The Morgan fingerprint density at radius 3 is 2.73 bits per heavy atom. The summed E-state index contributed by atoms with van der Waals surface area (Å²) in [6.45, 7) is 0.0633. The fourth-order valence-corrected chi connectivity index (χ4v) is 2.43. The van der Waals surface area contributed by atoms with E-state index in [1.807, 2.05) is 36.4 Å². The smallest absolute Gasteiger partial charge is 0.236 e. The molecule has 22 heavy (non-hydrogen) atoms. The van der Waals surface area contributed by atoms with Crippen molar-refractivity contribution in [2.45, 2.75) is 0 Å². The first-order valence-electron chi connectivity index (χ1n) is 6.66. The molecule has 1 amide bonds. The molecule has 0 fully saturated rings. The maximum Gasteiger partial charge on any atom is 0.236 e. The number of aromatic nitrogens is 2. The molecular weight excluding hydrogens is 344 g/mol. The summed E-state index contributed by atoms with van der Waals surface area (Å²) in [5, 5.41) is 3.90. The van der Waals surface area contributed by atoms with Gasteiger partial charge in [0.05, 0.1) is 17.8 Å². The lowest BCUT2D eigenvalue weighted by Crippen LogP contribution is -2.22. The zero-order valence-electron chi connectivity index (χ0n) is 11.6. The van der Waals surface area contributed by atoms with E-state index in [1.54, 1.807) is 12.4 Å². The summed E-state index contributed by atoms with van der Waals surface area (Å²) < 4.78 is 1.01. The first-order valence-corrected chi connectivity index (χ1v) is 7.45. The zero-order chi connectivity index (χ0) is 15.5. The summed E-state index contributed by atoms with van der Waals surface area (Å²) in [5.74, 6) is -0.418. The lowest BCUT2D eigenvalue weighted by atomic mass is 10.1. The minimum Gasteiger partial charge on any atom is -0.376 e. The number of fused-ring (bicyclic) bond motifs is 1. The highest BCUT2D eigenvalue weighted by atomic mass is 79.9. The van der Waals surface area contributed by atoms with E-state index in [2.05, 4.69) is 31.2 Å². The molecule has 0 unspecified atom stereocenters. The Bertz CT molecular complexity index is 833. The minimum atomic E-state index is -0.418. The number of carbonyl (C=O) groups excluding carboxylic acids is 1. The van der Waals surface area contributed by atoms with Gasteiger partial charge in [-0.1, -0.05) is 28.1 Å². The van der Waals surface area contributed by atoms with Gasteiger partial charge in [-0.05, 0) is 24.3 Å². The van der Waals surface area contributed by atoms with Crippen LogP contribution in [0.3, 0.4) is 0 Å². The molecule has 3 N–H and O–H groups in total. The average molecular weight is 357 g/mol. The Kier molecular flexibility index (Phi) is 4.02. The second-order valence-electron chi connectivity index (χ2n) is 4.77. The number of nitrogens with two attached hydrogens (primary N) is 1. The number of rotatable bonds is 4. The number of nitrogens with one attached hydrogen (secondary N) is 1. The molecule has 6 heteroatoms. The maximum absolute atomic E-state index is 11.0. The molecule has 0 aliphatic carbocycles. The van der Waals surface area contributed by atoms with Crippen molar-refractivity contribution >= 4 is 38.4 Å². The van der Waals surface area contributed by atoms with Crippen molar-refractivity contribution in [3.63, 3.8) is 0 Å². The highest BCUT2D eigenvalue weighted by Crippen LogP contribution is 2.28. The van der Waals surface area contributed by atoms with Crippen LogP contribution in [0.1, 0.15) is 0 Å². The molecule has 0 aliphatic rings. The monoisotopic (exact) mass is 356 g/mol. The molecule has 3 aromatic rings. The highest BCUT2D eigenvalue weighted by molar-refractivity contribution is 9.10. The van der Waals surface area contributed by atoms with Crippen LogP contribution in [0, 0.1) is 0 Å². The second-order valence-corrected chi connectivity index (χ2v) is 5.69. The van der Waals surface area contributed by atoms with Crippen LogP contribution in [0.25, 0.3) is 22.2 Å². The molecule has 2 heterocycles. The Hall–Kier alpha value is -2.47. The first-order chi connectivity index (χ1) is 10.6. The number of primary amides is 1. The Balaban J connectivity index is 2.11. The molecule has 0 aliphatic heterocycles. The van der Waals surface area contributed by atoms with Gasteiger partial charge in [-0.3, -0.25) is 9.78 Å². The predicted octanol–water partition coefficient (Wildman–Crippen LogP) is 2.96. The van der Waals surface area contributed by atoms with Crippen LogP contribution in [-0.4, -0.2) is 22.4 Å². The van der Waals surface area contributed by atoms with Gasteiger partial charge in [0.1, 0.15) is 0 Å². The van der Waals surface area contributed by atoms with Gasteiger partial charge in [0, 0.05) is 33.5 Å². The van der Waals surface area contributed by atoms with Gasteiger partial charge in [-0.25, -0.2) is 4.98 Å². The number of carbonyl (C=O) groups is 1. The summed E-state index contributed by atoms with van der Waals surface area (Å²) in [6.07, 6.45) is 3.41. The molecular formula is C16H13BrN4O. The molecule has 3 rings (SSSR count). The van der Waals surface area contributed by atoms with Crippen molar-refractivity contribution in [1.29, 1.82) is 0 Å². The third kappa shape index (κ3) is 3.07. The summed E-state index contributed by atoms with van der Waals surface area (Å²) in [4.78, 5) is 19.8. The Labute approximate surface area is 135 Å². The third-order valence-corrected chi connectivity index (χ3v) is 3.73. The van der Waals surface area contributed by atoms with E-state index in [1.165, 1.54) is 0 Å². The van der Waals surface area contributed by atoms with Crippen LogP contribution in [0.15, 0.2) is 53.3 Å². The van der Waals surface area contributed by atoms with Crippen LogP contribution in [-0.2, 0) is 4.79 Å². The fourth-order valence-electron chi connectivity index (χ4n) is 2.17. The SMILES string of the molecule is NC(=O)CNc1cc(-c2ccc(Br)cc2)nc2ccncc12. The molecule has 0 bridgehead atoms. The van der Waals surface area contributed by atoms with Crippen molar-refractivity contribution in [3.8, 4) is 11.3 Å². The summed E-state index contributed by atoms with van der Waals surface area (Å²) >= 11 is 3.42. The largest absolute Gasteiger partial charge is 0.376 e. The molecule has 0 spiro atoms. The van der Waals surface area contributed by atoms with Gasteiger partial charge < -0.3 is 11.1 Å². The van der Waals surface area contributed by atoms with E-state index in [0.717, 1.165) is 32.3 Å². The number of pyridine rings is 2. The van der Waals surface area contributed by atoms with E-state index in [9.17, 15) is 4.79 Å². The zero-order valence-corrected chi connectivity index (χ0v) is 13.2. The topological polar surface area (TPSA) is 80.9 Å². The van der Waals surface area contributed by atoms with E-state index in [-0.39, 0.29) is 6.54 Å². The van der Waals surface area contributed by atoms with Crippen molar-refractivity contribution in [2.75, 3.05) is 11.9 Å². The van der Waals surface area contributed by atoms with Crippen molar-refractivity contribution < 1.29 is 4.79 Å². The van der Waals surface area contributed by atoms with Gasteiger partial charge in [0.15, 0.2) is 0 Å². The number of nitrogens with zero attached hydrogens (tertiary/aromatic N) is 2. The number of hydrogen-bond acceptors (Lipinski definition) is 4. The minimum absolute atomic E-state index is 0.0633. The van der Waals surface area contributed by atoms with Crippen LogP contribution >= 0.6 is 15.9 Å². The number of hydrogen-bond donors (Lipinski definition) is 2. The van der Waals surface area contributed by atoms with E-state index >= 15 is 0 Å². The Morgan fingerprint density at radius 1 is 1.23 bits per heavy atom. The molecule has 0 saturated carbocycles. The number of halogens is 1. The Morgan fingerprint density at radius 2 is 2.00 bits per heavy atom. The average Bonchev–Trinajstić information content (AvgIpc) is 2.53. The number of amides is 1. The van der Waals surface area contributed by atoms with Crippen molar-refractivity contribution in [2.24, 2.45) is 5.73 Å². The fraction of sp³-hybridized carbons (Fsp3) is 0.0625. The lowest BCUT2D eigenvalue weighted by molar-refractivity contribution is -0.116. The molecule has 1 aromatic carbocycles. The summed E-state index contributed by atoms with van der Waals surface area (Å²) in [7, 11) is 0. The lowest BCUT2D eigenvalue weighted by Gasteiger charge is -2.11. The summed E-state index contributed by atoms with van der Waals surface area (Å²) in [5.41, 5.74) is 8.61. The standard InChI is InChI=1S/C16H13BrN4O/c17-11-3-1-10(2-4-11)14-7-15(20-9-16(18)22)12-8-19-6-5-13(12)21-14/h1-8H,9H2,(H2,18,22)(H,20,21). The molecule has 110 valence electrons. The van der Waals surface area contributed by atoms with E-state index in [4.69, 9.17) is 5.73 Å². The predicted molar refractivity (Wildman–Crippen MR) is 90.4 cm³/mol. The molecule has 2 aromatic heterocycles. The maximum atomic E-state index is 11.0. The van der Waals surface area contributed by atoms with Gasteiger partial charge in [-0.15, -0.1) is 0 Å².